The van der Waals surface area contributed by atoms with Crippen LogP contribution in [-0.4, -0.2) is 24.4 Å². The number of benzene rings is 3. The van der Waals surface area contributed by atoms with Crippen LogP contribution in [0.3, 0.4) is 0 Å². The number of aromatic nitrogens is 2. The summed E-state index contributed by atoms with van der Waals surface area (Å²) in [7, 11) is -3.53. The van der Waals surface area contributed by atoms with E-state index in [1.54, 1.807) is 36.4 Å². The molecule has 146 valence electrons. The van der Waals surface area contributed by atoms with Gasteiger partial charge in [-0.25, -0.2) is 8.42 Å². The Morgan fingerprint density at radius 3 is 2.55 bits per heavy atom. The van der Waals surface area contributed by atoms with Crippen molar-refractivity contribution in [3.05, 3.63) is 83.2 Å². The van der Waals surface area contributed by atoms with Crippen LogP contribution in [0.2, 0.25) is 5.02 Å². The molecule has 0 saturated carbocycles. The smallest absolute Gasteiger partial charge is 0.277 e. The summed E-state index contributed by atoms with van der Waals surface area (Å²) >= 11 is 7.37. The van der Waals surface area contributed by atoms with E-state index in [-0.39, 0.29) is 4.90 Å². The van der Waals surface area contributed by atoms with E-state index < -0.39 is 9.84 Å². The Morgan fingerprint density at radius 1 is 0.966 bits per heavy atom. The third-order valence-electron chi connectivity index (χ3n) is 4.14. The van der Waals surface area contributed by atoms with Crippen molar-refractivity contribution in [3.63, 3.8) is 0 Å². The number of hydrogen-bond acceptors (Lipinski definition) is 6. The van der Waals surface area contributed by atoms with Crippen LogP contribution in [0.5, 0.6) is 0 Å². The Kier molecular flexibility index (Phi) is 5.71. The second-order valence-corrected chi connectivity index (χ2v) is 9.30. The van der Waals surface area contributed by atoms with E-state index in [9.17, 15) is 8.42 Å². The summed E-state index contributed by atoms with van der Waals surface area (Å²) in [6.45, 7) is 0. The van der Waals surface area contributed by atoms with Crippen LogP contribution in [0.25, 0.3) is 22.2 Å². The predicted octanol–water partition coefficient (Wildman–Crippen LogP) is 5.62. The first kappa shape index (κ1) is 19.7. The molecule has 0 unspecified atom stereocenters. The van der Waals surface area contributed by atoms with Crippen molar-refractivity contribution in [1.29, 1.82) is 0 Å². The average molecular weight is 443 g/mol. The Morgan fingerprint density at radius 2 is 1.72 bits per heavy atom. The quantitative estimate of drug-likeness (QED) is 0.360. The van der Waals surface area contributed by atoms with Gasteiger partial charge in [-0.15, -0.1) is 10.2 Å². The molecule has 0 saturated heterocycles. The molecule has 0 bridgehead atoms. The van der Waals surface area contributed by atoms with E-state index in [4.69, 9.17) is 16.0 Å². The number of fused-ring (bicyclic) bond motifs is 1. The highest BCUT2D eigenvalue weighted by Gasteiger charge is 2.13. The molecule has 29 heavy (non-hydrogen) atoms. The molecular weight excluding hydrogens is 428 g/mol. The van der Waals surface area contributed by atoms with Gasteiger partial charge in [-0.2, -0.15) is 0 Å². The highest BCUT2D eigenvalue weighted by Crippen LogP contribution is 2.28. The van der Waals surface area contributed by atoms with Gasteiger partial charge in [0.2, 0.25) is 5.89 Å². The Labute approximate surface area is 177 Å². The highest BCUT2D eigenvalue weighted by molar-refractivity contribution is 7.99. The maximum absolute atomic E-state index is 12.6. The molecule has 0 aliphatic carbocycles. The lowest BCUT2D eigenvalue weighted by molar-refractivity contribution is 0.466. The molecule has 0 aliphatic rings. The van der Waals surface area contributed by atoms with Crippen LogP contribution in [-0.2, 0) is 9.84 Å². The van der Waals surface area contributed by atoms with E-state index in [0.29, 0.717) is 27.5 Å². The molecule has 8 heteroatoms. The van der Waals surface area contributed by atoms with Crippen LogP contribution >= 0.6 is 23.4 Å². The number of thioether (sulfide) groups is 1. The number of rotatable bonds is 6. The summed E-state index contributed by atoms with van der Waals surface area (Å²) in [5.41, 5.74) is 0.656. The van der Waals surface area contributed by atoms with Gasteiger partial charge < -0.3 is 4.42 Å². The van der Waals surface area contributed by atoms with Crippen molar-refractivity contribution in [2.75, 3.05) is 5.75 Å². The SMILES string of the molecule is O=S(=O)(C=CCSc1nnc(-c2ccccc2Cl)o1)c1ccc2ccccc2c1. The van der Waals surface area contributed by atoms with Crippen LogP contribution in [0.4, 0.5) is 0 Å². The first-order chi connectivity index (χ1) is 14.0. The van der Waals surface area contributed by atoms with Gasteiger partial charge >= 0.3 is 0 Å². The molecule has 0 atom stereocenters. The van der Waals surface area contributed by atoms with E-state index in [1.165, 1.54) is 17.2 Å². The summed E-state index contributed by atoms with van der Waals surface area (Å²) in [5.74, 6) is 0.697. The van der Waals surface area contributed by atoms with Crippen molar-refractivity contribution in [3.8, 4) is 11.5 Å². The minimum atomic E-state index is -3.53. The van der Waals surface area contributed by atoms with Crippen molar-refractivity contribution < 1.29 is 12.8 Å². The van der Waals surface area contributed by atoms with Gasteiger partial charge in [-0.3, -0.25) is 0 Å². The topological polar surface area (TPSA) is 73.1 Å². The fraction of sp³-hybridized carbons (Fsp3) is 0.0476. The van der Waals surface area contributed by atoms with E-state index in [0.717, 1.165) is 10.8 Å². The average Bonchev–Trinajstić information content (AvgIpc) is 3.20. The zero-order chi connectivity index (χ0) is 20.3. The molecule has 0 N–H and O–H groups in total. The highest BCUT2D eigenvalue weighted by atomic mass is 35.5. The lowest BCUT2D eigenvalue weighted by Crippen LogP contribution is -1.96. The summed E-state index contributed by atoms with van der Waals surface area (Å²) in [6.07, 6.45) is 1.56. The summed E-state index contributed by atoms with van der Waals surface area (Å²) < 4.78 is 30.7. The molecule has 4 aromatic rings. The third kappa shape index (κ3) is 4.53. The van der Waals surface area contributed by atoms with Gasteiger partial charge in [-0.1, -0.05) is 71.9 Å². The van der Waals surface area contributed by atoms with Gasteiger partial charge in [0.15, 0.2) is 9.84 Å². The second kappa shape index (κ2) is 8.41. The van der Waals surface area contributed by atoms with Crippen LogP contribution in [0, 0.1) is 0 Å². The fourth-order valence-corrected chi connectivity index (χ4v) is 4.69. The molecule has 3 aromatic carbocycles. The van der Waals surface area contributed by atoms with Gasteiger partial charge in [0.05, 0.1) is 15.5 Å². The molecule has 0 radical (unpaired) electrons. The molecular formula is C21H15ClN2O3S2. The minimum Gasteiger partial charge on any atom is -0.411 e. The normalized spacial score (nSPS) is 12.0. The third-order valence-corrected chi connectivity index (χ3v) is 6.70. The summed E-state index contributed by atoms with van der Waals surface area (Å²) in [6, 6.07) is 19.9. The first-order valence-electron chi connectivity index (χ1n) is 8.64. The molecule has 0 fully saturated rings. The molecule has 0 aliphatic heterocycles. The predicted molar refractivity (Wildman–Crippen MR) is 116 cm³/mol. The molecule has 5 nitrogen and oxygen atoms in total. The number of halogens is 1. The lowest BCUT2D eigenvalue weighted by atomic mass is 10.1. The Hall–Kier alpha value is -2.61. The Balaban J connectivity index is 1.43. The largest absolute Gasteiger partial charge is 0.411 e. The standard InChI is InChI=1S/C21H15ClN2O3S2/c22-19-9-4-3-8-18(19)20-23-24-21(27-20)28-12-5-13-29(25,26)17-11-10-15-6-1-2-7-16(15)14-17/h1-11,13-14H,12H2. The molecule has 1 aromatic heterocycles. The molecule has 4 rings (SSSR count). The minimum absolute atomic E-state index is 0.260. The fourth-order valence-electron chi connectivity index (χ4n) is 2.72. The maximum atomic E-state index is 12.6. The van der Waals surface area contributed by atoms with Gasteiger partial charge in [0.25, 0.3) is 5.22 Å². The molecule has 0 amide bonds. The van der Waals surface area contributed by atoms with Crippen molar-refractivity contribution in [2.24, 2.45) is 0 Å². The number of nitrogens with zero attached hydrogens (tertiary/aromatic N) is 2. The monoisotopic (exact) mass is 442 g/mol. The number of sulfone groups is 1. The first-order valence-corrected chi connectivity index (χ1v) is 11.6. The van der Waals surface area contributed by atoms with E-state index >= 15 is 0 Å². The van der Waals surface area contributed by atoms with Crippen molar-refractivity contribution in [1.82, 2.24) is 10.2 Å². The van der Waals surface area contributed by atoms with Crippen molar-refractivity contribution >= 4 is 44.0 Å². The maximum Gasteiger partial charge on any atom is 0.277 e. The zero-order valence-electron chi connectivity index (χ0n) is 15.0. The van der Waals surface area contributed by atoms with Gasteiger partial charge in [-0.05, 0) is 35.0 Å². The van der Waals surface area contributed by atoms with Crippen molar-refractivity contribution in [2.45, 2.75) is 10.1 Å². The van der Waals surface area contributed by atoms with Crippen LogP contribution < -0.4 is 0 Å². The Bertz CT molecular complexity index is 1300. The van der Waals surface area contributed by atoms with E-state index in [2.05, 4.69) is 10.2 Å². The summed E-state index contributed by atoms with van der Waals surface area (Å²) in [4.78, 5) is 0.260. The molecule has 1 heterocycles. The van der Waals surface area contributed by atoms with Crippen LogP contribution in [0.1, 0.15) is 0 Å². The zero-order valence-corrected chi connectivity index (χ0v) is 17.4. The summed E-state index contributed by atoms with van der Waals surface area (Å²) in [5, 5.41) is 11.9. The second-order valence-electron chi connectivity index (χ2n) is 6.09. The lowest BCUT2D eigenvalue weighted by Gasteiger charge is -2.02. The van der Waals surface area contributed by atoms with Gasteiger partial charge in [0, 0.05) is 11.2 Å². The molecule has 0 spiro atoms. The van der Waals surface area contributed by atoms with Gasteiger partial charge in [0.1, 0.15) is 0 Å². The van der Waals surface area contributed by atoms with Crippen LogP contribution in [0.15, 0.2) is 92.7 Å². The number of hydrogen-bond donors (Lipinski definition) is 0. The van der Waals surface area contributed by atoms with E-state index in [1.807, 2.05) is 36.4 Å².